The van der Waals surface area contributed by atoms with Crippen molar-refractivity contribution in [2.24, 2.45) is 5.92 Å². The van der Waals surface area contributed by atoms with Crippen LogP contribution >= 0.6 is 0 Å². The van der Waals surface area contributed by atoms with E-state index < -0.39 is 0 Å². The van der Waals surface area contributed by atoms with E-state index in [1.54, 1.807) is 14.2 Å². The molecule has 2 aliphatic rings. The Hall–Kier alpha value is -1.26. The van der Waals surface area contributed by atoms with E-state index in [1.165, 1.54) is 30.4 Å². The van der Waals surface area contributed by atoms with Crippen LogP contribution < -0.4 is 14.8 Å². The van der Waals surface area contributed by atoms with Crippen molar-refractivity contribution in [1.29, 1.82) is 0 Å². The van der Waals surface area contributed by atoms with Gasteiger partial charge in [-0.1, -0.05) is 12.8 Å². The van der Waals surface area contributed by atoms with Crippen LogP contribution in [0.4, 0.5) is 0 Å². The lowest BCUT2D eigenvalue weighted by molar-refractivity contribution is 0.155. The molecule has 4 nitrogen and oxygen atoms in total. The summed E-state index contributed by atoms with van der Waals surface area (Å²) in [5, 5.41) is 3.45. The lowest BCUT2D eigenvalue weighted by atomic mass is 9.95. The van der Waals surface area contributed by atoms with Crippen LogP contribution in [0.3, 0.4) is 0 Å². The molecule has 4 heteroatoms. The standard InChI is InChI=1S/C18H28N2O2/c1-13-10-16(21-2)18(17(11-13)22-3)15(12-14-4-5-14)20-8-6-19-7-9-20/h10-11,14-15,19H,4-9,12H2,1-3H3/t15-/m1/s1. The molecule has 1 aromatic carbocycles. The van der Waals surface area contributed by atoms with Gasteiger partial charge in [-0.05, 0) is 37.0 Å². The SMILES string of the molecule is COc1cc(C)cc(OC)c1[C@@H](CC1CC1)N1CCNCC1. The van der Waals surface area contributed by atoms with Crippen LogP contribution in [0.15, 0.2) is 12.1 Å². The molecule has 1 aliphatic carbocycles. The van der Waals surface area contributed by atoms with Crippen LogP contribution in [0.5, 0.6) is 11.5 Å². The smallest absolute Gasteiger partial charge is 0.127 e. The van der Waals surface area contributed by atoms with Gasteiger partial charge < -0.3 is 14.8 Å². The van der Waals surface area contributed by atoms with Crippen molar-refractivity contribution < 1.29 is 9.47 Å². The van der Waals surface area contributed by atoms with E-state index in [-0.39, 0.29) is 0 Å². The van der Waals surface area contributed by atoms with Crippen LogP contribution in [0.1, 0.15) is 36.4 Å². The van der Waals surface area contributed by atoms with Gasteiger partial charge in [0.2, 0.25) is 0 Å². The van der Waals surface area contributed by atoms with E-state index in [0.29, 0.717) is 6.04 Å². The maximum atomic E-state index is 5.72. The molecule has 0 amide bonds. The number of benzene rings is 1. The van der Waals surface area contributed by atoms with Crippen LogP contribution in [-0.4, -0.2) is 45.3 Å². The second-order valence-electron chi connectivity index (χ2n) is 6.56. The van der Waals surface area contributed by atoms with Gasteiger partial charge >= 0.3 is 0 Å². The van der Waals surface area contributed by atoms with Gasteiger partial charge in [0.15, 0.2) is 0 Å². The molecule has 2 fully saturated rings. The second-order valence-corrected chi connectivity index (χ2v) is 6.56. The first-order valence-corrected chi connectivity index (χ1v) is 8.40. The fraction of sp³-hybridized carbons (Fsp3) is 0.667. The highest BCUT2D eigenvalue weighted by Crippen LogP contribution is 2.45. The average molecular weight is 304 g/mol. The summed E-state index contributed by atoms with van der Waals surface area (Å²) in [5.41, 5.74) is 2.42. The highest BCUT2D eigenvalue weighted by molar-refractivity contribution is 5.50. The molecular formula is C18H28N2O2. The van der Waals surface area contributed by atoms with Crippen LogP contribution in [0, 0.1) is 12.8 Å². The fourth-order valence-corrected chi connectivity index (χ4v) is 3.51. The highest BCUT2D eigenvalue weighted by atomic mass is 16.5. The number of piperazine rings is 1. The predicted octanol–water partition coefficient (Wildman–Crippen LogP) is 2.76. The van der Waals surface area contributed by atoms with E-state index in [4.69, 9.17) is 9.47 Å². The number of hydrogen-bond acceptors (Lipinski definition) is 4. The number of aryl methyl sites for hydroxylation is 1. The number of methoxy groups -OCH3 is 2. The van der Waals surface area contributed by atoms with E-state index in [9.17, 15) is 0 Å². The van der Waals surface area contributed by atoms with Gasteiger partial charge in [0.05, 0.1) is 19.8 Å². The molecule has 1 heterocycles. The van der Waals surface area contributed by atoms with Gasteiger partial charge in [-0.25, -0.2) is 0 Å². The Balaban J connectivity index is 1.97. The van der Waals surface area contributed by atoms with Gasteiger partial charge in [0.25, 0.3) is 0 Å². The third-order valence-corrected chi connectivity index (χ3v) is 4.87. The highest BCUT2D eigenvalue weighted by Gasteiger charge is 2.33. The molecule has 0 aromatic heterocycles. The Morgan fingerprint density at radius 2 is 1.73 bits per heavy atom. The summed E-state index contributed by atoms with van der Waals surface area (Å²) < 4.78 is 11.4. The lowest BCUT2D eigenvalue weighted by Gasteiger charge is -2.36. The topological polar surface area (TPSA) is 33.7 Å². The molecule has 1 saturated heterocycles. The molecule has 0 unspecified atom stereocenters. The Labute approximate surface area is 133 Å². The van der Waals surface area contributed by atoms with Crippen molar-refractivity contribution in [2.75, 3.05) is 40.4 Å². The first-order valence-electron chi connectivity index (χ1n) is 8.40. The maximum Gasteiger partial charge on any atom is 0.127 e. The minimum atomic E-state index is 0.403. The molecule has 1 saturated carbocycles. The lowest BCUT2D eigenvalue weighted by Crippen LogP contribution is -2.45. The fourth-order valence-electron chi connectivity index (χ4n) is 3.51. The van der Waals surface area contributed by atoms with Gasteiger partial charge in [0, 0.05) is 32.2 Å². The predicted molar refractivity (Wildman–Crippen MR) is 88.8 cm³/mol. The van der Waals surface area contributed by atoms with E-state index in [0.717, 1.165) is 43.6 Å². The molecule has 1 N–H and O–H groups in total. The van der Waals surface area contributed by atoms with Gasteiger partial charge in [-0.3, -0.25) is 4.90 Å². The summed E-state index contributed by atoms with van der Waals surface area (Å²) in [7, 11) is 3.54. The van der Waals surface area contributed by atoms with Crippen molar-refractivity contribution in [3.05, 3.63) is 23.3 Å². The van der Waals surface area contributed by atoms with Crippen molar-refractivity contribution in [3.8, 4) is 11.5 Å². The summed E-state index contributed by atoms with van der Waals surface area (Å²) in [6.45, 7) is 6.42. The summed E-state index contributed by atoms with van der Waals surface area (Å²) in [4.78, 5) is 2.60. The molecule has 22 heavy (non-hydrogen) atoms. The molecule has 1 atom stereocenters. The zero-order valence-corrected chi connectivity index (χ0v) is 14.0. The zero-order chi connectivity index (χ0) is 15.5. The molecular weight excluding hydrogens is 276 g/mol. The van der Waals surface area contributed by atoms with Gasteiger partial charge in [-0.15, -0.1) is 0 Å². The first-order chi connectivity index (χ1) is 10.7. The van der Waals surface area contributed by atoms with Gasteiger partial charge in [0.1, 0.15) is 11.5 Å². The van der Waals surface area contributed by atoms with E-state index in [1.807, 2.05) is 0 Å². The summed E-state index contributed by atoms with van der Waals surface area (Å²) >= 11 is 0. The largest absolute Gasteiger partial charge is 0.496 e. The minimum absolute atomic E-state index is 0.403. The molecule has 122 valence electrons. The molecule has 0 bridgehead atoms. The normalized spacial score (nSPS) is 20.7. The van der Waals surface area contributed by atoms with Crippen LogP contribution in [0.2, 0.25) is 0 Å². The molecule has 0 spiro atoms. The number of nitrogens with zero attached hydrogens (tertiary/aromatic N) is 1. The summed E-state index contributed by atoms with van der Waals surface area (Å²) in [6, 6.07) is 4.68. The second kappa shape index (κ2) is 6.88. The quantitative estimate of drug-likeness (QED) is 0.876. The minimum Gasteiger partial charge on any atom is -0.496 e. The third-order valence-electron chi connectivity index (χ3n) is 4.87. The molecule has 0 radical (unpaired) electrons. The summed E-state index contributed by atoms with van der Waals surface area (Å²) in [6.07, 6.45) is 3.97. The maximum absolute atomic E-state index is 5.72. The Morgan fingerprint density at radius 3 is 2.23 bits per heavy atom. The third kappa shape index (κ3) is 3.39. The Morgan fingerprint density at radius 1 is 1.14 bits per heavy atom. The molecule has 1 aliphatic heterocycles. The average Bonchev–Trinajstić information content (AvgIpc) is 3.37. The van der Waals surface area contributed by atoms with Crippen LogP contribution in [-0.2, 0) is 0 Å². The Bertz CT molecular complexity index is 483. The summed E-state index contributed by atoms with van der Waals surface area (Å²) in [5.74, 6) is 2.82. The van der Waals surface area contributed by atoms with Crippen molar-refractivity contribution in [3.63, 3.8) is 0 Å². The number of hydrogen-bond donors (Lipinski definition) is 1. The zero-order valence-electron chi connectivity index (χ0n) is 14.0. The van der Waals surface area contributed by atoms with E-state index in [2.05, 4.69) is 29.3 Å². The molecule has 3 rings (SSSR count). The Kier molecular flexibility index (Phi) is 4.89. The number of ether oxygens (including phenoxy) is 2. The van der Waals surface area contributed by atoms with Gasteiger partial charge in [-0.2, -0.15) is 0 Å². The van der Waals surface area contributed by atoms with Crippen molar-refractivity contribution in [1.82, 2.24) is 10.2 Å². The number of nitrogens with one attached hydrogen (secondary N) is 1. The van der Waals surface area contributed by atoms with Crippen molar-refractivity contribution >= 4 is 0 Å². The molecule has 1 aromatic rings. The van der Waals surface area contributed by atoms with E-state index >= 15 is 0 Å². The monoisotopic (exact) mass is 304 g/mol. The first kappa shape index (κ1) is 15.6. The van der Waals surface area contributed by atoms with Crippen LogP contribution in [0.25, 0.3) is 0 Å². The van der Waals surface area contributed by atoms with Crippen molar-refractivity contribution in [2.45, 2.75) is 32.2 Å². The number of rotatable bonds is 6.